The largest absolute Gasteiger partial charge is 0.493 e. The van der Waals surface area contributed by atoms with E-state index in [9.17, 15) is 10.1 Å². The van der Waals surface area contributed by atoms with E-state index in [1.165, 1.54) is 10.6 Å². The molecule has 7 nitrogen and oxygen atoms in total. The van der Waals surface area contributed by atoms with Gasteiger partial charge in [-0.15, -0.1) is 0 Å². The molecule has 43 heavy (non-hydrogen) atoms. The van der Waals surface area contributed by atoms with Gasteiger partial charge in [0.15, 0.2) is 11.5 Å². The molecular weight excluding hydrogens is 558 g/mol. The van der Waals surface area contributed by atoms with E-state index in [1.807, 2.05) is 32.0 Å². The molecule has 0 fully saturated rings. The third-order valence-electron chi connectivity index (χ3n) is 7.85. The molecule has 0 saturated carbocycles. The minimum atomic E-state index is -0.541. The second kappa shape index (κ2) is 14.8. The maximum atomic E-state index is 12.8. The molecule has 0 radical (unpaired) electrons. The maximum absolute atomic E-state index is 12.8. The molecule has 0 bridgehead atoms. The first-order valence-electron chi connectivity index (χ1n) is 14.7. The molecule has 1 unspecified atom stereocenters. The number of rotatable bonds is 14. The molecule has 1 heterocycles. The lowest BCUT2D eigenvalue weighted by atomic mass is 9.85. The van der Waals surface area contributed by atoms with Crippen molar-refractivity contribution in [3.8, 4) is 6.07 Å². The number of Topliss-reactive ketones (excluding diaryl/α,β-unsaturated/α-hetero) is 1. The highest BCUT2D eigenvalue weighted by molar-refractivity contribution is 8.03. The quantitative estimate of drug-likeness (QED) is 0.236. The number of carbonyl (C=O) groups excluding carboxylic acids is 1. The van der Waals surface area contributed by atoms with Gasteiger partial charge in [0.1, 0.15) is 12.4 Å². The minimum absolute atomic E-state index is 0.0719. The zero-order valence-electron chi connectivity index (χ0n) is 26.2. The first kappa shape index (κ1) is 32.4. The zero-order chi connectivity index (χ0) is 31.0. The first-order chi connectivity index (χ1) is 20.6. The van der Waals surface area contributed by atoms with Crippen LogP contribution in [0.15, 0.2) is 87.7 Å². The molecule has 2 aromatic rings. The normalized spacial score (nSPS) is 17.1. The van der Waals surface area contributed by atoms with Gasteiger partial charge in [-0.05, 0) is 74.7 Å². The van der Waals surface area contributed by atoms with Gasteiger partial charge in [-0.1, -0.05) is 48.2 Å². The Balaban J connectivity index is 1.41. The lowest BCUT2D eigenvalue weighted by Crippen LogP contribution is -2.45. The van der Waals surface area contributed by atoms with Gasteiger partial charge in [-0.25, -0.2) is 0 Å². The van der Waals surface area contributed by atoms with Crippen LogP contribution in [0.4, 0.5) is 0 Å². The SMILES string of the molecule is COCCOC1=CC2C(=C(Sc3cccc(CCC(=O)CCc4cccc(C(C)(C)C#N)c4)c3)N(C)CN2C)C=C1OC. The molecule has 2 aliphatic rings. The number of aryl methyl sites for hydroxylation is 2. The number of fused-ring (bicyclic) bond motifs is 1. The molecule has 0 spiro atoms. The van der Waals surface area contributed by atoms with E-state index in [4.69, 9.17) is 14.2 Å². The Bertz CT molecular complexity index is 1440. The van der Waals surface area contributed by atoms with E-state index in [0.717, 1.165) is 34.0 Å². The molecule has 1 atom stereocenters. The van der Waals surface area contributed by atoms with Crippen LogP contribution in [0.1, 0.15) is 43.4 Å². The predicted octanol–water partition coefficient (Wildman–Crippen LogP) is 6.22. The number of methoxy groups -OCH3 is 2. The second-order valence-electron chi connectivity index (χ2n) is 11.6. The molecule has 1 aliphatic heterocycles. The van der Waals surface area contributed by atoms with Crippen LogP contribution in [-0.4, -0.2) is 69.8 Å². The van der Waals surface area contributed by atoms with Gasteiger partial charge in [0.25, 0.3) is 0 Å². The smallest absolute Gasteiger partial charge is 0.160 e. The number of thioether (sulfide) groups is 1. The van der Waals surface area contributed by atoms with Crippen LogP contribution in [0, 0.1) is 11.3 Å². The molecule has 4 rings (SSSR count). The van der Waals surface area contributed by atoms with Crippen LogP contribution in [0.25, 0.3) is 0 Å². The summed E-state index contributed by atoms with van der Waals surface area (Å²) in [5.74, 6) is 1.69. The Morgan fingerprint density at radius 1 is 1.02 bits per heavy atom. The number of likely N-dealkylation sites (N-methyl/N-ethyl adjacent to an activating group) is 1. The first-order valence-corrected chi connectivity index (χ1v) is 15.5. The average molecular weight is 602 g/mol. The fourth-order valence-corrected chi connectivity index (χ4v) is 6.36. The van der Waals surface area contributed by atoms with Crippen molar-refractivity contribution in [3.05, 3.63) is 99.5 Å². The van der Waals surface area contributed by atoms with Gasteiger partial charge in [0, 0.05) is 37.5 Å². The fourth-order valence-electron chi connectivity index (χ4n) is 5.27. The Hall–Kier alpha value is -3.51. The van der Waals surface area contributed by atoms with Gasteiger partial charge in [0.2, 0.25) is 0 Å². The zero-order valence-corrected chi connectivity index (χ0v) is 27.0. The topological polar surface area (TPSA) is 75.0 Å². The van der Waals surface area contributed by atoms with Gasteiger partial charge >= 0.3 is 0 Å². The summed E-state index contributed by atoms with van der Waals surface area (Å²) in [7, 11) is 7.55. The van der Waals surface area contributed by atoms with Gasteiger partial charge < -0.3 is 19.1 Å². The summed E-state index contributed by atoms with van der Waals surface area (Å²) in [4.78, 5) is 18.5. The van der Waals surface area contributed by atoms with Crippen molar-refractivity contribution in [1.82, 2.24) is 9.80 Å². The minimum Gasteiger partial charge on any atom is -0.493 e. The standard InChI is InChI=1S/C35H43N3O4S/c1-35(2,23-36)27-11-7-9-25(19-27)13-15-28(39)16-14-26-10-8-12-29(20-26)43-34-30-21-32(41-6)33(42-18-17-40-5)22-31(30)37(3)24-38(34)4/h7-12,19-22,31H,13-18,24H2,1-6H3. The van der Waals surface area contributed by atoms with E-state index in [2.05, 4.69) is 72.4 Å². The summed E-state index contributed by atoms with van der Waals surface area (Å²) in [5.41, 5.74) is 3.86. The highest BCUT2D eigenvalue weighted by atomic mass is 32.2. The van der Waals surface area contributed by atoms with Crippen LogP contribution in [-0.2, 0) is 37.3 Å². The number of nitrogens with zero attached hydrogens (tertiary/aromatic N) is 3. The Morgan fingerprint density at radius 3 is 2.40 bits per heavy atom. The lowest BCUT2D eigenvalue weighted by molar-refractivity contribution is -0.119. The molecule has 0 saturated heterocycles. The highest BCUT2D eigenvalue weighted by Crippen LogP contribution is 2.40. The number of hydrogen-bond donors (Lipinski definition) is 0. The maximum Gasteiger partial charge on any atom is 0.160 e. The van der Waals surface area contributed by atoms with E-state index in [1.54, 1.807) is 26.0 Å². The van der Waals surface area contributed by atoms with Crippen LogP contribution in [0.5, 0.6) is 0 Å². The monoisotopic (exact) mass is 601 g/mol. The van der Waals surface area contributed by atoms with E-state index < -0.39 is 5.41 Å². The summed E-state index contributed by atoms with van der Waals surface area (Å²) < 4.78 is 16.8. The number of carbonyl (C=O) groups is 1. The summed E-state index contributed by atoms with van der Waals surface area (Å²) in [6.45, 7) is 5.59. The number of benzene rings is 2. The Morgan fingerprint density at radius 2 is 1.72 bits per heavy atom. The summed E-state index contributed by atoms with van der Waals surface area (Å²) in [6.07, 6.45) is 6.61. The molecule has 0 N–H and O–H groups in total. The lowest BCUT2D eigenvalue weighted by Gasteiger charge is -2.41. The molecule has 1 aliphatic carbocycles. The fraction of sp³-hybridized carbons (Fsp3) is 0.429. The van der Waals surface area contributed by atoms with Crippen molar-refractivity contribution in [1.29, 1.82) is 5.26 Å². The molecule has 2 aromatic carbocycles. The summed E-state index contributed by atoms with van der Waals surface area (Å²) >= 11 is 1.74. The van der Waals surface area contributed by atoms with Gasteiger partial charge in [-0.3, -0.25) is 9.69 Å². The summed E-state index contributed by atoms with van der Waals surface area (Å²) in [6, 6.07) is 19.0. The number of nitriles is 1. The highest BCUT2D eigenvalue weighted by Gasteiger charge is 2.33. The second-order valence-corrected chi connectivity index (χ2v) is 12.7. The average Bonchev–Trinajstić information content (AvgIpc) is 3.01. The van der Waals surface area contributed by atoms with Crippen molar-refractivity contribution >= 4 is 17.5 Å². The molecular formula is C35H43N3O4S. The van der Waals surface area contributed by atoms with E-state index >= 15 is 0 Å². The van der Waals surface area contributed by atoms with Crippen LogP contribution < -0.4 is 0 Å². The van der Waals surface area contributed by atoms with Crippen molar-refractivity contribution in [2.45, 2.75) is 55.9 Å². The Labute approximate surface area is 260 Å². The predicted molar refractivity (Wildman–Crippen MR) is 171 cm³/mol. The third kappa shape index (κ3) is 8.32. The molecule has 8 heteroatoms. The Kier molecular flexibility index (Phi) is 11.1. The number of ketones is 1. The molecule has 228 valence electrons. The summed E-state index contributed by atoms with van der Waals surface area (Å²) in [5, 5.41) is 10.6. The van der Waals surface area contributed by atoms with Crippen molar-refractivity contribution in [2.24, 2.45) is 0 Å². The van der Waals surface area contributed by atoms with Gasteiger partial charge in [0.05, 0.1) is 42.9 Å². The molecule has 0 amide bonds. The number of ether oxygens (including phenoxy) is 3. The van der Waals surface area contributed by atoms with Crippen LogP contribution >= 0.6 is 11.8 Å². The van der Waals surface area contributed by atoms with Crippen molar-refractivity contribution in [3.63, 3.8) is 0 Å². The van der Waals surface area contributed by atoms with Crippen LogP contribution in [0.3, 0.4) is 0 Å². The van der Waals surface area contributed by atoms with E-state index in [0.29, 0.717) is 44.7 Å². The van der Waals surface area contributed by atoms with Gasteiger partial charge in [-0.2, -0.15) is 5.26 Å². The van der Waals surface area contributed by atoms with Crippen molar-refractivity contribution in [2.75, 3.05) is 48.2 Å². The van der Waals surface area contributed by atoms with Crippen molar-refractivity contribution < 1.29 is 19.0 Å². The van der Waals surface area contributed by atoms with E-state index in [-0.39, 0.29) is 11.8 Å². The number of hydrogen-bond acceptors (Lipinski definition) is 8. The molecule has 0 aromatic heterocycles. The third-order valence-corrected chi connectivity index (χ3v) is 9.08. The van der Waals surface area contributed by atoms with Crippen LogP contribution in [0.2, 0.25) is 0 Å².